The fourth-order valence-electron chi connectivity index (χ4n) is 1.87. The van der Waals surface area contributed by atoms with Gasteiger partial charge in [-0.25, -0.2) is 9.18 Å². The van der Waals surface area contributed by atoms with Gasteiger partial charge in [0.05, 0.1) is 15.7 Å². The summed E-state index contributed by atoms with van der Waals surface area (Å²) in [4.78, 5) is 10.8. The Morgan fingerprint density at radius 2 is 2.22 bits per heavy atom. The Morgan fingerprint density at radius 1 is 1.50 bits per heavy atom. The number of carboxylic acid groups (broad SMARTS) is 1. The molecule has 0 heterocycles. The Morgan fingerprint density at radius 3 is 2.83 bits per heavy atom. The molecule has 0 atom stereocenters. The maximum Gasteiger partial charge on any atom is 0.336 e. The number of carboxylic acids is 1. The van der Waals surface area contributed by atoms with Crippen molar-refractivity contribution < 1.29 is 14.3 Å². The van der Waals surface area contributed by atoms with Crippen molar-refractivity contribution >= 4 is 27.6 Å². The van der Waals surface area contributed by atoms with Crippen LogP contribution < -0.4 is 5.32 Å². The van der Waals surface area contributed by atoms with Crippen LogP contribution in [-0.2, 0) is 0 Å². The Hall–Kier alpha value is -1.10. The summed E-state index contributed by atoms with van der Waals surface area (Å²) in [5.74, 6) is -0.805. The quantitative estimate of drug-likeness (QED) is 0.783. The van der Waals surface area contributed by atoms with Crippen LogP contribution in [0.2, 0.25) is 0 Å². The van der Waals surface area contributed by atoms with Crippen molar-refractivity contribution in [1.82, 2.24) is 0 Å². The molecule has 0 saturated heterocycles. The molecule has 0 spiro atoms. The minimum atomic E-state index is -1.14. The first-order valence-corrected chi connectivity index (χ1v) is 6.84. The second-order valence-corrected chi connectivity index (χ2v) is 5.40. The zero-order chi connectivity index (χ0) is 13.1. The van der Waals surface area contributed by atoms with E-state index in [0.29, 0.717) is 12.2 Å². The van der Waals surface area contributed by atoms with Gasteiger partial charge in [0.15, 0.2) is 5.82 Å². The summed E-state index contributed by atoms with van der Waals surface area (Å²) in [6, 6.07) is 2.87. The van der Waals surface area contributed by atoms with E-state index in [4.69, 9.17) is 5.11 Å². The van der Waals surface area contributed by atoms with Crippen molar-refractivity contribution in [3.63, 3.8) is 0 Å². The summed E-state index contributed by atoms with van der Waals surface area (Å²) in [6.07, 6.45) is 4.85. The Bertz CT molecular complexity index is 461. The summed E-state index contributed by atoms with van der Waals surface area (Å²) in [5.41, 5.74) is 0.290. The number of rotatable bonds is 6. The molecule has 1 aromatic carbocycles. The van der Waals surface area contributed by atoms with Crippen molar-refractivity contribution in [1.29, 1.82) is 0 Å². The van der Waals surface area contributed by atoms with Crippen LogP contribution in [0, 0.1) is 11.7 Å². The Labute approximate surface area is 114 Å². The maximum absolute atomic E-state index is 13.8. The summed E-state index contributed by atoms with van der Waals surface area (Å²) in [7, 11) is 0. The molecule has 1 aromatic rings. The average Bonchev–Trinajstić information content (AvgIpc) is 3.13. The number of hydrogen-bond acceptors (Lipinski definition) is 2. The molecule has 0 bridgehead atoms. The van der Waals surface area contributed by atoms with Gasteiger partial charge in [-0.3, -0.25) is 0 Å². The molecular formula is C13H15BrFNO2. The maximum atomic E-state index is 13.8. The number of nitrogens with one attached hydrogen (secondary N) is 1. The molecule has 1 aliphatic rings. The van der Waals surface area contributed by atoms with Gasteiger partial charge in [-0.2, -0.15) is 0 Å². The lowest BCUT2D eigenvalue weighted by molar-refractivity contribution is 0.0695. The van der Waals surface area contributed by atoms with E-state index in [-0.39, 0.29) is 10.0 Å². The number of hydrogen-bond donors (Lipinski definition) is 2. The molecule has 1 saturated carbocycles. The van der Waals surface area contributed by atoms with Crippen LogP contribution in [0.4, 0.5) is 10.1 Å². The highest BCUT2D eigenvalue weighted by molar-refractivity contribution is 9.10. The zero-order valence-corrected chi connectivity index (χ0v) is 11.5. The predicted octanol–water partition coefficient (Wildman–Crippen LogP) is 3.89. The van der Waals surface area contributed by atoms with E-state index in [1.54, 1.807) is 0 Å². The number of benzene rings is 1. The number of halogens is 2. The van der Waals surface area contributed by atoms with Gasteiger partial charge < -0.3 is 10.4 Å². The molecule has 2 N–H and O–H groups in total. The van der Waals surface area contributed by atoms with E-state index in [0.717, 1.165) is 12.3 Å². The molecule has 1 fully saturated rings. The molecule has 5 heteroatoms. The third kappa shape index (κ3) is 3.22. The molecule has 0 amide bonds. The smallest absolute Gasteiger partial charge is 0.336 e. The molecular weight excluding hydrogens is 301 g/mol. The van der Waals surface area contributed by atoms with Gasteiger partial charge in [-0.15, -0.1) is 0 Å². The van der Waals surface area contributed by atoms with E-state index in [1.165, 1.54) is 31.4 Å². The normalized spacial score (nSPS) is 14.6. The minimum absolute atomic E-state index is 0.00203. The van der Waals surface area contributed by atoms with Crippen molar-refractivity contribution in [2.45, 2.75) is 25.7 Å². The monoisotopic (exact) mass is 315 g/mol. The number of carbonyl (C=O) groups is 1. The highest BCUT2D eigenvalue weighted by Crippen LogP contribution is 2.33. The van der Waals surface area contributed by atoms with E-state index >= 15 is 0 Å². The van der Waals surface area contributed by atoms with Crippen LogP contribution in [0.15, 0.2) is 16.6 Å². The van der Waals surface area contributed by atoms with Crippen molar-refractivity contribution in [2.24, 2.45) is 5.92 Å². The van der Waals surface area contributed by atoms with E-state index in [1.807, 2.05) is 0 Å². The van der Waals surface area contributed by atoms with Gasteiger partial charge in [0.1, 0.15) is 0 Å². The molecule has 3 nitrogen and oxygen atoms in total. The van der Waals surface area contributed by atoms with E-state index in [9.17, 15) is 9.18 Å². The van der Waals surface area contributed by atoms with Crippen LogP contribution in [-0.4, -0.2) is 17.6 Å². The van der Waals surface area contributed by atoms with Gasteiger partial charge in [0.25, 0.3) is 0 Å². The molecule has 0 aromatic heterocycles. The van der Waals surface area contributed by atoms with Gasteiger partial charge in [-0.1, -0.05) is 12.8 Å². The van der Waals surface area contributed by atoms with Crippen molar-refractivity contribution in [2.75, 3.05) is 11.9 Å². The highest BCUT2D eigenvalue weighted by Gasteiger charge is 2.20. The van der Waals surface area contributed by atoms with Crippen LogP contribution in [0.5, 0.6) is 0 Å². The first-order valence-electron chi connectivity index (χ1n) is 6.04. The molecule has 2 rings (SSSR count). The van der Waals surface area contributed by atoms with Crippen LogP contribution >= 0.6 is 15.9 Å². The molecule has 98 valence electrons. The summed E-state index contributed by atoms with van der Waals surface area (Å²) < 4.78 is 13.9. The molecule has 0 aliphatic heterocycles. The lowest BCUT2D eigenvalue weighted by atomic mass is 10.2. The Balaban J connectivity index is 1.95. The third-order valence-electron chi connectivity index (χ3n) is 3.11. The van der Waals surface area contributed by atoms with Gasteiger partial charge in [0.2, 0.25) is 0 Å². The average molecular weight is 316 g/mol. The summed E-state index contributed by atoms with van der Waals surface area (Å²) in [5, 5.41) is 11.9. The zero-order valence-electron chi connectivity index (χ0n) is 9.88. The number of anilines is 1. The van der Waals surface area contributed by atoms with Crippen LogP contribution in [0.25, 0.3) is 0 Å². The second-order valence-electron chi connectivity index (χ2n) is 4.61. The lowest BCUT2D eigenvalue weighted by Crippen LogP contribution is -2.06. The van der Waals surface area contributed by atoms with E-state index in [2.05, 4.69) is 21.2 Å². The molecule has 1 aliphatic carbocycles. The van der Waals surface area contributed by atoms with E-state index < -0.39 is 11.8 Å². The van der Waals surface area contributed by atoms with Gasteiger partial charge in [-0.05, 0) is 46.8 Å². The second kappa shape index (κ2) is 5.69. The number of aromatic carboxylic acids is 1. The molecule has 0 unspecified atom stereocenters. The topological polar surface area (TPSA) is 49.3 Å². The fraction of sp³-hybridized carbons (Fsp3) is 0.462. The summed E-state index contributed by atoms with van der Waals surface area (Å²) >= 11 is 2.98. The summed E-state index contributed by atoms with van der Waals surface area (Å²) in [6.45, 7) is 0.715. The van der Waals surface area contributed by atoms with Crippen molar-refractivity contribution in [3.05, 3.63) is 28.0 Å². The first kappa shape index (κ1) is 13.3. The third-order valence-corrected chi connectivity index (χ3v) is 3.89. The largest absolute Gasteiger partial charge is 0.478 e. The fourth-order valence-corrected chi connectivity index (χ4v) is 2.39. The van der Waals surface area contributed by atoms with Crippen LogP contribution in [0.3, 0.4) is 0 Å². The first-order chi connectivity index (χ1) is 8.59. The highest BCUT2D eigenvalue weighted by atomic mass is 79.9. The van der Waals surface area contributed by atoms with Gasteiger partial charge >= 0.3 is 5.97 Å². The lowest BCUT2D eigenvalue weighted by Gasteiger charge is -2.09. The SMILES string of the molecule is O=C(O)c1ccc(NCCCC2CC2)c(F)c1Br. The van der Waals surface area contributed by atoms with Gasteiger partial charge in [0, 0.05) is 6.54 Å². The molecule has 0 radical (unpaired) electrons. The van der Waals surface area contributed by atoms with Crippen LogP contribution in [0.1, 0.15) is 36.0 Å². The standard InChI is InChI=1S/C13H15BrFNO2/c14-11-9(13(17)18)5-6-10(12(11)15)16-7-1-2-8-3-4-8/h5-6,8,16H,1-4,7H2,(H,17,18). The predicted molar refractivity (Wildman–Crippen MR) is 71.5 cm³/mol. The minimum Gasteiger partial charge on any atom is -0.478 e. The Kier molecular flexibility index (Phi) is 4.22. The molecule has 18 heavy (non-hydrogen) atoms. The van der Waals surface area contributed by atoms with Crippen molar-refractivity contribution in [3.8, 4) is 0 Å².